The number of carbonyl (C=O) groups excluding carboxylic acids is 2. The Morgan fingerprint density at radius 1 is 0.650 bits per heavy atom. The van der Waals surface area contributed by atoms with Gasteiger partial charge in [0.1, 0.15) is 12.2 Å². The summed E-state index contributed by atoms with van der Waals surface area (Å²) in [6.07, 6.45) is 8.37. The van der Waals surface area contributed by atoms with Crippen LogP contribution in [0.4, 0.5) is 9.59 Å². The van der Waals surface area contributed by atoms with Crippen molar-refractivity contribution < 1.29 is 19.1 Å². The van der Waals surface area contributed by atoms with E-state index in [0.29, 0.717) is 0 Å². The van der Waals surface area contributed by atoms with Crippen LogP contribution < -0.4 is 0 Å². The summed E-state index contributed by atoms with van der Waals surface area (Å²) in [5.74, 6) is 0. The van der Waals surface area contributed by atoms with Gasteiger partial charge in [0.2, 0.25) is 0 Å². The molecule has 2 rings (SSSR count). The highest BCUT2D eigenvalue weighted by Crippen LogP contribution is 2.21. The molecule has 0 saturated heterocycles. The van der Waals surface area contributed by atoms with Gasteiger partial charge in [-0.1, -0.05) is 23.1 Å². The Kier molecular flexibility index (Phi) is 5.95. The van der Waals surface area contributed by atoms with Crippen LogP contribution in [-0.2, 0) is 9.47 Å². The van der Waals surface area contributed by atoms with Crippen molar-refractivity contribution in [2.75, 3.05) is 0 Å². The summed E-state index contributed by atoms with van der Waals surface area (Å²) in [5, 5.41) is 6.55. The highest BCUT2D eigenvalue weighted by molar-refractivity contribution is 5.73. The Labute approximate surface area is 118 Å². The molecule has 0 bridgehead atoms. The zero-order chi connectivity index (χ0) is 14.2. The third kappa shape index (κ3) is 5.27. The summed E-state index contributed by atoms with van der Waals surface area (Å²) < 4.78 is 10.2. The monoisotopic (exact) mass is 282 g/mol. The molecule has 0 aromatic carbocycles. The van der Waals surface area contributed by atoms with Crippen LogP contribution >= 0.6 is 0 Å². The molecule has 0 aromatic heterocycles. The van der Waals surface area contributed by atoms with E-state index < -0.39 is 12.2 Å². The van der Waals surface area contributed by atoms with Gasteiger partial charge < -0.3 is 9.47 Å². The Bertz CT molecular complexity index is 324. The molecule has 2 aliphatic rings. The average Bonchev–Trinajstić information content (AvgIpc) is 2.47. The normalized spacial score (nSPS) is 21.8. The fraction of sp³-hybridized carbons (Fsp3) is 0.857. The maximum Gasteiger partial charge on any atom is 0.452 e. The summed E-state index contributed by atoms with van der Waals surface area (Å²) in [7, 11) is 0. The van der Waals surface area contributed by atoms with Crippen molar-refractivity contribution >= 4 is 12.2 Å². The van der Waals surface area contributed by atoms with E-state index in [2.05, 4.69) is 10.2 Å². The van der Waals surface area contributed by atoms with Gasteiger partial charge in [-0.15, -0.1) is 0 Å². The van der Waals surface area contributed by atoms with E-state index in [-0.39, 0.29) is 12.2 Å². The van der Waals surface area contributed by atoms with Crippen molar-refractivity contribution in [2.45, 2.75) is 76.4 Å². The summed E-state index contributed by atoms with van der Waals surface area (Å²) in [4.78, 5) is 22.8. The van der Waals surface area contributed by atoms with Crippen molar-refractivity contribution in [3.63, 3.8) is 0 Å². The first-order chi connectivity index (χ1) is 9.74. The van der Waals surface area contributed by atoms with Gasteiger partial charge in [-0.3, -0.25) is 0 Å². The van der Waals surface area contributed by atoms with Crippen molar-refractivity contribution in [2.24, 2.45) is 10.2 Å². The number of amides is 2. The highest BCUT2D eigenvalue weighted by Gasteiger charge is 2.19. The molecule has 2 fully saturated rings. The minimum atomic E-state index is -0.794. The summed E-state index contributed by atoms with van der Waals surface area (Å²) in [5.41, 5.74) is 0. The van der Waals surface area contributed by atoms with Crippen molar-refractivity contribution in [1.82, 2.24) is 0 Å². The van der Waals surface area contributed by atoms with Crippen LogP contribution in [0, 0.1) is 0 Å². The number of hydrogen-bond donors (Lipinski definition) is 0. The first kappa shape index (κ1) is 14.9. The topological polar surface area (TPSA) is 77.3 Å². The van der Waals surface area contributed by atoms with Crippen molar-refractivity contribution in [3.8, 4) is 0 Å². The largest absolute Gasteiger partial charge is 0.452 e. The smallest absolute Gasteiger partial charge is 0.444 e. The van der Waals surface area contributed by atoms with Gasteiger partial charge in [0.05, 0.1) is 0 Å². The Morgan fingerprint density at radius 3 is 1.35 bits per heavy atom. The molecular formula is C14H22N2O4. The lowest BCUT2D eigenvalue weighted by Gasteiger charge is -2.20. The minimum absolute atomic E-state index is 0.0791. The summed E-state index contributed by atoms with van der Waals surface area (Å²) in [6, 6.07) is 0. The van der Waals surface area contributed by atoms with Gasteiger partial charge in [-0.05, 0) is 51.4 Å². The second kappa shape index (κ2) is 7.97. The van der Waals surface area contributed by atoms with Gasteiger partial charge in [-0.2, -0.15) is 0 Å². The minimum Gasteiger partial charge on any atom is -0.444 e. The Hall–Kier alpha value is -1.46. The molecule has 6 nitrogen and oxygen atoms in total. The van der Waals surface area contributed by atoms with Crippen LogP contribution in [0.25, 0.3) is 0 Å². The third-order valence-corrected chi connectivity index (χ3v) is 3.85. The molecule has 0 aromatic rings. The summed E-state index contributed by atoms with van der Waals surface area (Å²) >= 11 is 0. The van der Waals surface area contributed by atoms with E-state index in [1.165, 1.54) is 12.8 Å². The zero-order valence-corrected chi connectivity index (χ0v) is 11.8. The molecule has 20 heavy (non-hydrogen) atoms. The molecule has 0 radical (unpaired) electrons. The highest BCUT2D eigenvalue weighted by atomic mass is 16.6. The molecule has 0 N–H and O–H groups in total. The lowest BCUT2D eigenvalue weighted by molar-refractivity contribution is 0.0748. The lowest BCUT2D eigenvalue weighted by Crippen LogP contribution is -2.20. The number of carbonyl (C=O) groups is 2. The van der Waals surface area contributed by atoms with Crippen LogP contribution in [0.3, 0.4) is 0 Å². The fourth-order valence-electron chi connectivity index (χ4n) is 2.78. The molecule has 2 saturated carbocycles. The fourth-order valence-corrected chi connectivity index (χ4v) is 2.78. The van der Waals surface area contributed by atoms with Crippen molar-refractivity contribution in [1.29, 1.82) is 0 Å². The number of rotatable bonds is 2. The number of nitrogens with zero attached hydrogens (tertiary/aromatic N) is 2. The van der Waals surface area contributed by atoms with E-state index >= 15 is 0 Å². The van der Waals surface area contributed by atoms with Crippen LogP contribution in [0.5, 0.6) is 0 Å². The van der Waals surface area contributed by atoms with Gasteiger partial charge in [-0.25, -0.2) is 9.59 Å². The van der Waals surface area contributed by atoms with Crippen LogP contribution in [0.2, 0.25) is 0 Å². The lowest BCUT2D eigenvalue weighted by atomic mass is 9.98. The molecule has 112 valence electrons. The van der Waals surface area contributed by atoms with E-state index in [1.54, 1.807) is 0 Å². The second-order valence-electron chi connectivity index (χ2n) is 5.49. The predicted molar refractivity (Wildman–Crippen MR) is 71.6 cm³/mol. The molecule has 2 aliphatic carbocycles. The van der Waals surface area contributed by atoms with Gasteiger partial charge in [0.15, 0.2) is 0 Å². The molecule has 0 atom stereocenters. The molecule has 0 unspecified atom stereocenters. The molecule has 2 amide bonds. The quantitative estimate of drug-likeness (QED) is 0.704. The number of azo groups is 1. The van der Waals surface area contributed by atoms with E-state index in [1.807, 2.05) is 0 Å². The zero-order valence-electron chi connectivity index (χ0n) is 11.8. The van der Waals surface area contributed by atoms with Crippen LogP contribution in [0.15, 0.2) is 10.2 Å². The van der Waals surface area contributed by atoms with Gasteiger partial charge in [0.25, 0.3) is 0 Å². The summed E-state index contributed by atoms with van der Waals surface area (Å²) in [6.45, 7) is 0. The van der Waals surface area contributed by atoms with Gasteiger partial charge >= 0.3 is 12.2 Å². The first-order valence-electron chi connectivity index (χ1n) is 7.57. The maximum atomic E-state index is 11.4. The SMILES string of the molecule is O=C(/N=N/C(=O)OC1CCCCC1)OC1CCCCC1. The second-order valence-corrected chi connectivity index (χ2v) is 5.49. The van der Waals surface area contributed by atoms with Crippen LogP contribution in [0.1, 0.15) is 64.2 Å². The maximum absolute atomic E-state index is 11.4. The predicted octanol–water partition coefficient (Wildman–Crippen LogP) is 4.38. The Morgan fingerprint density at radius 2 is 1.00 bits per heavy atom. The molecular weight excluding hydrogens is 260 g/mol. The molecule has 6 heteroatoms. The molecule has 0 aliphatic heterocycles. The number of hydrogen-bond acceptors (Lipinski definition) is 4. The Balaban J connectivity index is 1.67. The van der Waals surface area contributed by atoms with Crippen molar-refractivity contribution in [3.05, 3.63) is 0 Å². The van der Waals surface area contributed by atoms with E-state index in [9.17, 15) is 9.59 Å². The molecule has 0 heterocycles. The first-order valence-corrected chi connectivity index (χ1v) is 7.57. The van der Waals surface area contributed by atoms with Crippen LogP contribution in [-0.4, -0.2) is 24.4 Å². The molecule has 0 spiro atoms. The van der Waals surface area contributed by atoms with E-state index in [4.69, 9.17) is 9.47 Å². The number of ether oxygens (including phenoxy) is 2. The standard InChI is InChI=1S/C14H22N2O4/c17-13(19-11-7-3-1-4-8-11)15-16-14(18)20-12-9-5-2-6-10-12/h11-12H,1-10H2/b16-15+. The van der Waals surface area contributed by atoms with E-state index in [0.717, 1.165) is 51.4 Å². The van der Waals surface area contributed by atoms with Gasteiger partial charge in [0, 0.05) is 0 Å². The third-order valence-electron chi connectivity index (χ3n) is 3.85. The average molecular weight is 282 g/mol.